The van der Waals surface area contributed by atoms with Crippen LogP contribution in [0.3, 0.4) is 0 Å². The maximum absolute atomic E-state index is 12.4. The molecule has 20 heavy (non-hydrogen) atoms. The maximum Gasteiger partial charge on any atom is 0.325 e. The molecule has 0 saturated carbocycles. The van der Waals surface area contributed by atoms with Crippen LogP contribution < -0.4 is 5.32 Å². The Hall–Kier alpha value is -1.10. The van der Waals surface area contributed by atoms with Crippen LogP contribution in [0.15, 0.2) is 0 Å². The van der Waals surface area contributed by atoms with Gasteiger partial charge in [-0.2, -0.15) is 0 Å². The quantitative estimate of drug-likeness (QED) is 0.784. The molecule has 2 saturated heterocycles. The van der Waals surface area contributed by atoms with E-state index >= 15 is 0 Å². The molecule has 0 aromatic rings. The zero-order chi connectivity index (χ0) is 14.8. The lowest BCUT2D eigenvalue weighted by atomic mass is 9.96. The summed E-state index contributed by atoms with van der Waals surface area (Å²) < 4.78 is 0. The summed E-state index contributed by atoms with van der Waals surface area (Å²) in [5.74, 6) is -0.0530. The lowest BCUT2D eigenvalue weighted by Gasteiger charge is -2.33. The van der Waals surface area contributed by atoms with Gasteiger partial charge >= 0.3 is 6.03 Å². The second-order valence-electron chi connectivity index (χ2n) is 6.39. The molecule has 0 bridgehead atoms. The Bertz CT molecular complexity index is 385. The van der Waals surface area contributed by atoms with Crippen molar-refractivity contribution in [2.45, 2.75) is 64.0 Å². The number of imide groups is 1. The minimum atomic E-state index is -0.690. The van der Waals surface area contributed by atoms with Gasteiger partial charge in [0.1, 0.15) is 5.54 Å². The van der Waals surface area contributed by atoms with Gasteiger partial charge in [-0.3, -0.25) is 9.69 Å². The summed E-state index contributed by atoms with van der Waals surface area (Å²) in [5.41, 5.74) is -0.690. The van der Waals surface area contributed by atoms with Crippen LogP contribution in [0, 0.1) is 0 Å². The first-order chi connectivity index (χ1) is 9.48. The lowest BCUT2D eigenvalue weighted by molar-refractivity contribution is -0.131. The van der Waals surface area contributed by atoms with Crippen molar-refractivity contribution in [3.8, 4) is 0 Å². The molecule has 5 heteroatoms. The number of piperidine rings is 1. The molecule has 1 N–H and O–H groups in total. The van der Waals surface area contributed by atoms with Crippen LogP contribution in [0.1, 0.15) is 52.4 Å². The number of rotatable bonds is 5. The Morgan fingerprint density at radius 1 is 1.35 bits per heavy atom. The fraction of sp³-hybridized carbons (Fsp3) is 0.867. The van der Waals surface area contributed by atoms with Gasteiger partial charge in [-0.15, -0.1) is 0 Å². The van der Waals surface area contributed by atoms with E-state index < -0.39 is 5.54 Å². The molecule has 0 spiro atoms. The number of amides is 3. The van der Waals surface area contributed by atoms with Gasteiger partial charge in [-0.05, 0) is 46.2 Å². The molecule has 114 valence electrons. The molecule has 2 aliphatic rings. The van der Waals surface area contributed by atoms with E-state index in [4.69, 9.17) is 0 Å². The van der Waals surface area contributed by atoms with Crippen molar-refractivity contribution in [3.63, 3.8) is 0 Å². The number of likely N-dealkylation sites (tertiary alicyclic amines) is 1. The predicted molar refractivity (Wildman–Crippen MR) is 78.4 cm³/mol. The van der Waals surface area contributed by atoms with E-state index in [1.54, 1.807) is 0 Å². The van der Waals surface area contributed by atoms with Crippen LogP contribution in [0.5, 0.6) is 0 Å². The third-order valence-corrected chi connectivity index (χ3v) is 4.70. The molecule has 5 nitrogen and oxygen atoms in total. The van der Waals surface area contributed by atoms with Gasteiger partial charge in [0.15, 0.2) is 0 Å². The monoisotopic (exact) mass is 281 g/mol. The topological polar surface area (TPSA) is 52.7 Å². The minimum absolute atomic E-state index is 0.0530. The molecule has 0 aromatic carbocycles. The average molecular weight is 281 g/mol. The summed E-state index contributed by atoms with van der Waals surface area (Å²) in [5, 5.41) is 2.85. The van der Waals surface area contributed by atoms with Crippen molar-refractivity contribution in [2.75, 3.05) is 20.1 Å². The van der Waals surface area contributed by atoms with E-state index in [1.165, 1.54) is 24.2 Å². The minimum Gasteiger partial charge on any atom is -0.323 e. The summed E-state index contributed by atoms with van der Waals surface area (Å²) in [7, 11) is 2.14. The van der Waals surface area contributed by atoms with E-state index in [9.17, 15) is 9.59 Å². The van der Waals surface area contributed by atoms with Crippen molar-refractivity contribution >= 4 is 11.9 Å². The Balaban J connectivity index is 1.92. The van der Waals surface area contributed by atoms with Gasteiger partial charge in [0.2, 0.25) is 0 Å². The van der Waals surface area contributed by atoms with E-state index in [0.29, 0.717) is 19.0 Å². The normalized spacial score (nSPS) is 31.8. The summed E-state index contributed by atoms with van der Waals surface area (Å²) in [6.45, 7) is 5.53. The van der Waals surface area contributed by atoms with E-state index in [2.05, 4.69) is 17.3 Å². The van der Waals surface area contributed by atoms with E-state index in [-0.39, 0.29) is 11.9 Å². The number of nitrogens with one attached hydrogen (secondary N) is 1. The lowest BCUT2D eigenvalue weighted by Crippen LogP contribution is -2.44. The molecular weight excluding hydrogens is 254 g/mol. The van der Waals surface area contributed by atoms with Crippen LogP contribution in [0.4, 0.5) is 4.79 Å². The highest BCUT2D eigenvalue weighted by atomic mass is 16.2. The van der Waals surface area contributed by atoms with Crippen molar-refractivity contribution in [2.24, 2.45) is 0 Å². The molecule has 2 aliphatic heterocycles. The Kier molecular flexibility index (Phi) is 4.68. The van der Waals surface area contributed by atoms with Gasteiger partial charge in [0.25, 0.3) is 5.91 Å². The summed E-state index contributed by atoms with van der Waals surface area (Å²) in [4.78, 5) is 28.2. The van der Waals surface area contributed by atoms with Gasteiger partial charge in [-0.25, -0.2) is 4.79 Å². The second kappa shape index (κ2) is 6.12. The smallest absolute Gasteiger partial charge is 0.323 e. The molecule has 0 aliphatic carbocycles. The van der Waals surface area contributed by atoms with Gasteiger partial charge in [0.05, 0.1) is 0 Å². The average Bonchev–Trinajstić information content (AvgIpc) is 2.60. The maximum atomic E-state index is 12.4. The molecule has 2 atom stereocenters. The zero-order valence-corrected chi connectivity index (χ0v) is 12.9. The molecule has 3 amide bonds. The fourth-order valence-electron chi connectivity index (χ4n) is 3.41. The molecular formula is C15H27N3O2. The van der Waals surface area contributed by atoms with Crippen molar-refractivity contribution < 1.29 is 9.59 Å². The van der Waals surface area contributed by atoms with Crippen LogP contribution in [0.2, 0.25) is 0 Å². The Morgan fingerprint density at radius 3 is 2.75 bits per heavy atom. The third kappa shape index (κ3) is 2.97. The number of carbonyl (C=O) groups excluding carboxylic acids is 2. The fourth-order valence-corrected chi connectivity index (χ4v) is 3.41. The zero-order valence-electron chi connectivity index (χ0n) is 12.9. The van der Waals surface area contributed by atoms with Gasteiger partial charge in [-0.1, -0.05) is 19.8 Å². The number of carbonyl (C=O) groups is 2. The highest BCUT2D eigenvalue weighted by Gasteiger charge is 2.46. The second-order valence-corrected chi connectivity index (χ2v) is 6.39. The summed E-state index contributed by atoms with van der Waals surface area (Å²) in [6, 6.07) is 0.284. The van der Waals surface area contributed by atoms with Crippen molar-refractivity contribution in [1.29, 1.82) is 0 Å². The first-order valence-corrected chi connectivity index (χ1v) is 7.82. The Labute approximate surface area is 121 Å². The number of hydrogen-bond acceptors (Lipinski definition) is 3. The highest BCUT2D eigenvalue weighted by molar-refractivity contribution is 6.06. The van der Waals surface area contributed by atoms with Crippen LogP contribution >= 0.6 is 0 Å². The standard InChI is InChI=1S/C15H27N3O2/c1-4-9-15(2)13(19)18(14(20)16-15)11-8-12-7-5-6-10-17(12)3/h12H,4-11H2,1-3H3,(H,16,20)/t12-,15+/m0/s1. The number of urea groups is 1. The first-order valence-electron chi connectivity index (χ1n) is 7.82. The molecule has 2 rings (SSSR count). The molecule has 0 radical (unpaired) electrons. The molecule has 0 unspecified atom stereocenters. The summed E-state index contributed by atoms with van der Waals surface area (Å²) >= 11 is 0. The van der Waals surface area contributed by atoms with Crippen LogP contribution in [-0.4, -0.2) is 53.5 Å². The van der Waals surface area contributed by atoms with Gasteiger partial charge < -0.3 is 10.2 Å². The van der Waals surface area contributed by atoms with Gasteiger partial charge in [0, 0.05) is 12.6 Å². The SMILES string of the molecule is CCC[C@@]1(C)NC(=O)N(CC[C@@H]2CCCCN2C)C1=O. The van der Waals surface area contributed by atoms with Crippen LogP contribution in [0.25, 0.3) is 0 Å². The molecule has 2 heterocycles. The molecule has 0 aromatic heterocycles. The Morgan fingerprint density at radius 2 is 2.10 bits per heavy atom. The predicted octanol–water partition coefficient (Wildman–Crippen LogP) is 1.97. The third-order valence-electron chi connectivity index (χ3n) is 4.70. The van der Waals surface area contributed by atoms with E-state index in [1.807, 2.05) is 13.8 Å². The largest absolute Gasteiger partial charge is 0.325 e. The van der Waals surface area contributed by atoms with Crippen LogP contribution in [-0.2, 0) is 4.79 Å². The van der Waals surface area contributed by atoms with Crippen molar-refractivity contribution in [3.05, 3.63) is 0 Å². The highest BCUT2D eigenvalue weighted by Crippen LogP contribution is 2.24. The first kappa shape index (κ1) is 15.3. The number of hydrogen-bond donors (Lipinski definition) is 1. The van der Waals surface area contributed by atoms with E-state index in [0.717, 1.165) is 19.4 Å². The number of nitrogens with zero attached hydrogens (tertiary/aromatic N) is 2. The summed E-state index contributed by atoms with van der Waals surface area (Å²) in [6.07, 6.45) is 6.16. The van der Waals surface area contributed by atoms with Crippen molar-refractivity contribution in [1.82, 2.24) is 15.1 Å². The molecule has 2 fully saturated rings.